The van der Waals surface area contributed by atoms with Crippen LogP contribution < -0.4 is 4.31 Å². The van der Waals surface area contributed by atoms with E-state index in [1.165, 1.54) is 23.5 Å². The molecule has 0 unspecified atom stereocenters. The molecule has 0 bridgehead atoms. The molecule has 0 atom stereocenters. The Kier molecular flexibility index (Phi) is 4.74. The van der Waals surface area contributed by atoms with Gasteiger partial charge in [0.05, 0.1) is 15.5 Å². The number of thiophene rings is 1. The van der Waals surface area contributed by atoms with E-state index in [1.54, 1.807) is 53.9 Å². The zero-order valence-corrected chi connectivity index (χ0v) is 15.5. The van der Waals surface area contributed by atoms with Crippen LogP contribution in [-0.2, 0) is 10.0 Å². The van der Waals surface area contributed by atoms with Gasteiger partial charge in [0.2, 0.25) is 0 Å². The molecule has 1 aromatic heterocycles. The van der Waals surface area contributed by atoms with Crippen LogP contribution in [0.3, 0.4) is 0 Å². The molecule has 0 spiro atoms. The number of carbonyl (C=O) groups is 1. The lowest BCUT2D eigenvalue weighted by Crippen LogP contribution is -2.36. The van der Waals surface area contributed by atoms with Crippen LogP contribution in [0.1, 0.15) is 20.8 Å². The van der Waals surface area contributed by atoms with Crippen molar-refractivity contribution in [3.63, 3.8) is 0 Å². The van der Waals surface area contributed by atoms with Crippen molar-refractivity contribution in [1.29, 1.82) is 0 Å². The molecule has 2 aromatic carbocycles. The van der Waals surface area contributed by atoms with E-state index < -0.39 is 15.9 Å². The maximum absolute atomic E-state index is 13.2. The first-order valence-corrected chi connectivity index (χ1v) is 9.98. The van der Waals surface area contributed by atoms with Crippen molar-refractivity contribution in [2.45, 2.75) is 18.7 Å². The molecule has 6 heteroatoms. The third-order valence-electron chi connectivity index (χ3n) is 3.74. The Bertz CT molecular complexity index is 974. The van der Waals surface area contributed by atoms with Gasteiger partial charge in [-0.25, -0.2) is 8.42 Å². The van der Waals surface area contributed by atoms with Crippen LogP contribution >= 0.6 is 11.3 Å². The van der Waals surface area contributed by atoms with E-state index in [9.17, 15) is 13.2 Å². The van der Waals surface area contributed by atoms with Crippen LogP contribution in [0, 0.1) is 13.8 Å². The topological polar surface area (TPSA) is 54.5 Å². The average molecular weight is 371 g/mol. The van der Waals surface area contributed by atoms with Crippen molar-refractivity contribution >= 4 is 33.0 Å². The molecule has 3 rings (SSSR count). The molecule has 25 heavy (non-hydrogen) atoms. The number of hydrogen-bond donors (Lipinski definition) is 0. The highest BCUT2D eigenvalue weighted by Gasteiger charge is 2.32. The lowest BCUT2D eigenvalue weighted by Gasteiger charge is -2.22. The van der Waals surface area contributed by atoms with Crippen molar-refractivity contribution in [2.24, 2.45) is 0 Å². The molecule has 0 fully saturated rings. The van der Waals surface area contributed by atoms with E-state index in [0.717, 1.165) is 15.4 Å². The fourth-order valence-corrected chi connectivity index (χ4v) is 4.48. The third kappa shape index (κ3) is 3.50. The molecule has 1 amide bonds. The van der Waals surface area contributed by atoms with Gasteiger partial charge in [-0.3, -0.25) is 4.79 Å². The molecule has 3 aromatic rings. The molecule has 0 N–H and O–H groups in total. The second-order valence-electron chi connectivity index (χ2n) is 5.70. The normalized spacial score (nSPS) is 11.3. The number of carbonyl (C=O) groups excluding carboxylic acids is 1. The summed E-state index contributed by atoms with van der Waals surface area (Å²) in [6.07, 6.45) is 0. The summed E-state index contributed by atoms with van der Waals surface area (Å²) in [6, 6.07) is 16.7. The number of nitrogens with zero attached hydrogens (tertiary/aromatic N) is 1. The number of amides is 1. The second-order valence-corrected chi connectivity index (χ2v) is 8.43. The van der Waals surface area contributed by atoms with Gasteiger partial charge in [0, 0.05) is 0 Å². The van der Waals surface area contributed by atoms with Crippen LogP contribution in [0.25, 0.3) is 0 Å². The Morgan fingerprint density at radius 3 is 1.96 bits per heavy atom. The summed E-state index contributed by atoms with van der Waals surface area (Å²) in [5.74, 6) is -0.556. The van der Waals surface area contributed by atoms with Gasteiger partial charge in [-0.1, -0.05) is 41.5 Å². The van der Waals surface area contributed by atoms with Crippen molar-refractivity contribution < 1.29 is 13.2 Å². The van der Waals surface area contributed by atoms with Crippen LogP contribution in [0.5, 0.6) is 0 Å². The average Bonchev–Trinajstić information content (AvgIpc) is 3.11. The Morgan fingerprint density at radius 2 is 1.44 bits per heavy atom. The zero-order chi connectivity index (χ0) is 18.0. The molecule has 0 radical (unpaired) electrons. The van der Waals surface area contributed by atoms with Crippen LogP contribution in [0.4, 0.5) is 5.69 Å². The van der Waals surface area contributed by atoms with E-state index >= 15 is 0 Å². The Balaban J connectivity index is 2.14. The number of rotatable bonds is 4. The molecule has 0 saturated heterocycles. The van der Waals surface area contributed by atoms with Gasteiger partial charge in [-0.15, -0.1) is 11.3 Å². The van der Waals surface area contributed by atoms with Gasteiger partial charge in [0.15, 0.2) is 0 Å². The minimum absolute atomic E-state index is 0.0866. The highest BCUT2D eigenvalue weighted by atomic mass is 32.2. The minimum atomic E-state index is -4.02. The van der Waals surface area contributed by atoms with Gasteiger partial charge < -0.3 is 0 Å². The summed E-state index contributed by atoms with van der Waals surface area (Å²) in [4.78, 5) is 13.4. The van der Waals surface area contributed by atoms with Gasteiger partial charge in [0.1, 0.15) is 0 Å². The van der Waals surface area contributed by atoms with Gasteiger partial charge in [0.25, 0.3) is 15.9 Å². The highest BCUT2D eigenvalue weighted by molar-refractivity contribution is 7.93. The fraction of sp³-hybridized carbons (Fsp3) is 0.105. The van der Waals surface area contributed by atoms with E-state index in [1.807, 2.05) is 13.8 Å². The third-order valence-corrected chi connectivity index (χ3v) is 6.33. The number of benzene rings is 2. The second kappa shape index (κ2) is 6.82. The molecule has 0 aliphatic heterocycles. The Hall–Kier alpha value is -2.44. The first-order valence-electron chi connectivity index (χ1n) is 7.66. The minimum Gasteiger partial charge on any atom is -0.267 e. The molecular weight excluding hydrogens is 354 g/mol. The van der Waals surface area contributed by atoms with Crippen molar-refractivity contribution in [1.82, 2.24) is 0 Å². The number of anilines is 1. The first kappa shape index (κ1) is 17.4. The van der Waals surface area contributed by atoms with Gasteiger partial charge in [-0.2, -0.15) is 4.31 Å². The number of sulfonamides is 1. The smallest absolute Gasteiger partial charge is 0.267 e. The fourth-order valence-electron chi connectivity index (χ4n) is 2.36. The Labute approximate surface area is 151 Å². The van der Waals surface area contributed by atoms with Gasteiger partial charge >= 0.3 is 0 Å². The summed E-state index contributed by atoms with van der Waals surface area (Å²) >= 11 is 1.22. The van der Waals surface area contributed by atoms with Crippen LogP contribution in [0.15, 0.2) is 70.9 Å². The highest BCUT2D eigenvalue weighted by Crippen LogP contribution is 2.27. The standard InChI is InChI=1S/C19H17NO3S2/c1-14-5-9-16(10-6-14)20(19(21)18-4-3-13-24-18)25(22,23)17-11-7-15(2)8-12-17/h3-13H,1-2H3. The molecule has 1 heterocycles. The molecule has 128 valence electrons. The molecule has 4 nitrogen and oxygen atoms in total. The lowest BCUT2D eigenvalue weighted by atomic mass is 10.2. The molecule has 0 aliphatic rings. The maximum atomic E-state index is 13.2. The summed E-state index contributed by atoms with van der Waals surface area (Å²) in [5.41, 5.74) is 2.26. The van der Waals surface area contributed by atoms with Crippen LogP contribution in [0.2, 0.25) is 0 Å². The van der Waals surface area contributed by atoms with Crippen LogP contribution in [-0.4, -0.2) is 14.3 Å². The SMILES string of the molecule is Cc1ccc(N(C(=O)c2cccs2)S(=O)(=O)c2ccc(C)cc2)cc1. The Morgan fingerprint density at radius 1 is 0.880 bits per heavy atom. The van der Waals surface area contributed by atoms with E-state index in [2.05, 4.69) is 0 Å². The quantitative estimate of drug-likeness (QED) is 0.683. The molecular formula is C19H17NO3S2. The first-order chi connectivity index (χ1) is 11.9. The van der Waals surface area contributed by atoms with E-state index in [4.69, 9.17) is 0 Å². The monoisotopic (exact) mass is 371 g/mol. The predicted molar refractivity (Wildman–Crippen MR) is 101 cm³/mol. The van der Waals surface area contributed by atoms with E-state index in [0.29, 0.717) is 10.6 Å². The van der Waals surface area contributed by atoms with Crippen molar-refractivity contribution in [2.75, 3.05) is 4.31 Å². The lowest BCUT2D eigenvalue weighted by molar-refractivity contribution is 0.101. The summed E-state index contributed by atoms with van der Waals surface area (Å²) in [7, 11) is -4.02. The van der Waals surface area contributed by atoms with Crippen molar-refractivity contribution in [3.05, 3.63) is 82.0 Å². The zero-order valence-electron chi connectivity index (χ0n) is 13.8. The molecule has 0 aliphatic carbocycles. The number of aryl methyl sites for hydroxylation is 2. The largest absolute Gasteiger partial charge is 0.282 e. The maximum Gasteiger partial charge on any atom is 0.282 e. The molecule has 0 saturated carbocycles. The van der Waals surface area contributed by atoms with Crippen molar-refractivity contribution in [3.8, 4) is 0 Å². The summed E-state index contributed by atoms with van der Waals surface area (Å²) in [5, 5.41) is 1.75. The number of hydrogen-bond acceptors (Lipinski definition) is 4. The van der Waals surface area contributed by atoms with Gasteiger partial charge in [-0.05, 0) is 49.6 Å². The summed E-state index contributed by atoms with van der Waals surface area (Å²) in [6.45, 7) is 3.79. The van der Waals surface area contributed by atoms with E-state index in [-0.39, 0.29) is 4.90 Å². The summed E-state index contributed by atoms with van der Waals surface area (Å²) < 4.78 is 27.2. The predicted octanol–water partition coefficient (Wildman–Crippen LogP) is 4.40.